The van der Waals surface area contributed by atoms with Crippen LogP contribution in [0.4, 0.5) is 0 Å². The number of aliphatic hydroxyl groups excluding tert-OH is 10. The summed E-state index contributed by atoms with van der Waals surface area (Å²) in [4.78, 5) is 37.0. The van der Waals surface area contributed by atoms with Gasteiger partial charge in [-0.05, 0) is 24.5 Å². The van der Waals surface area contributed by atoms with Crippen molar-refractivity contribution in [1.82, 2.24) is 5.32 Å². The molecule has 0 aliphatic carbocycles. The molecular weight excluding hydrogens is 688 g/mol. The summed E-state index contributed by atoms with van der Waals surface area (Å²) >= 11 is 0. The van der Waals surface area contributed by atoms with Gasteiger partial charge in [-0.25, -0.2) is 4.79 Å². The summed E-state index contributed by atoms with van der Waals surface area (Å²) in [5.74, 6) is -5.32. The number of hydrogen-bond donors (Lipinski definition) is 12. The van der Waals surface area contributed by atoms with Crippen molar-refractivity contribution >= 4 is 17.8 Å². The molecule has 20 nitrogen and oxygen atoms in total. The van der Waals surface area contributed by atoms with E-state index in [9.17, 15) is 65.4 Å². The van der Waals surface area contributed by atoms with Crippen LogP contribution in [0.1, 0.15) is 35.7 Å². The summed E-state index contributed by atoms with van der Waals surface area (Å²) in [6, 6.07) is 4.85. The van der Waals surface area contributed by atoms with Gasteiger partial charge in [0.15, 0.2) is 12.4 Å². The van der Waals surface area contributed by atoms with Crippen molar-refractivity contribution in [1.29, 1.82) is 0 Å². The molecule has 0 radical (unpaired) electrons. The van der Waals surface area contributed by atoms with Crippen molar-refractivity contribution in [3.8, 4) is 0 Å². The maximum absolute atomic E-state index is 13.4. The van der Waals surface area contributed by atoms with Crippen LogP contribution < -0.4 is 11.1 Å². The van der Waals surface area contributed by atoms with Gasteiger partial charge in [0.2, 0.25) is 11.8 Å². The lowest BCUT2D eigenvalue weighted by Gasteiger charge is -2.54. The van der Waals surface area contributed by atoms with Gasteiger partial charge in [-0.1, -0.05) is 18.2 Å². The first kappa shape index (κ1) is 40.8. The van der Waals surface area contributed by atoms with Gasteiger partial charge >= 0.3 is 5.97 Å². The maximum atomic E-state index is 13.4. The minimum atomic E-state index is -2.61. The molecule has 15 atom stereocenters. The Kier molecular flexibility index (Phi) is 13.8. The molecule has 0 saturated carbocycles. The molecule has 3 aliphatic rings. The number of primary amides is 1. The zero-order valence-corrected chi connectivity index (χ0v) is 27.5. The van der Waals surface area contributed by atoms with E-state index in [4.69, 9.17) is 29.4 Å². The summed E-state index contributed by atoms with van der Waals surface area (Å²) in [7, 11) is 0. The van der Waals surface area contributed by atoms with Crippen LogP contribution in [0.3, 0.4) is 0 Å². The van der Waals surface area contributed by atoms with Gasteiger partial charge in [0.25, 0.3) is 5.79 Å². The van der Waals surface area contributed by atoms with E-state index >= 15 is 0 Å². The summed E-state index contributed by atoms with van der Waals surface area (Å²) in [6.45, 7) is -1.76. The highest BCUT2D eigenvalue weighted by Crippen LogP contribution is 2.42. The van der Waals surface area contributed by atoms with Crippen LogP contribution in [0.2, 0.25) is 0 Å². The van der Waals surface area contributed by atoms with E-state index in [0.29, 0.717) is 5.56 Å². The summed E-state index contributed by atoms with van der Waals surface area (Å²) in [6.07, 6.45) is -24.3. The average Bonchev–Trinajstić information content (AvgIpc) is 3.10. The van der Waals surface area contributed by atoms with Gasteiger partial charge in [-0.3, -0.25) is 9.59 Å². The van der Waals surface area contributed by atoms with Crippen LogP contribution in [0.15, 0.2) is 24.3 Å². The van der Waals surface area contributed by atoms with Gasteiger partial charge < -0.3 is 85.8 Å². The van der Waals surface area contributed by atoms with Crippen molar-refractivity contribution in [2.75, 3.05) is 19.8 Å². The van der Waals surface area contributed by atoms with E-state index < -0.39 is 135 Å². The molecular formula is C31H46N2O18. The van der Waals surface area contributed by atoms with Gasteiger partial charge in [0, 0.05) is 18.9 Å². The number of benzene rings is 1. The highest BCUT2D eigenvalue weighted by atomic mass is 16.8. The summed E-state index contributed by atoms with van der Waals surface area (Å²) in [5.41, 5.74) is 6.04. The molecule has 3 heterocycles. The van der Waals surface area contributed by atoms with Gasteiger partial charge in [-0.15, -0.1) is 0 Å². The molecule has 51 heavy (non-hydrogen) atoms. The van der Waals surface area contributed by atoms with Gasteiger partial charge in [0.05, 0.1) is 38.1 Å². The standard InChI is InChI=1S/C31H46N2O18/c1-12(37)33-20-16(39)8-31(50-26(20)22(43)17(40)9-34)30(46)49-25-19(11-36)47-29(23(44)27(25)51-31)48-24(18(41)10-35)21(42)15(38)7-6-13-4-2-3-5-14(13)28(32)45/h2-5,15-27,29,34-36,38-44H,6-11H2,1H3,(H2,32,45)(H,33,37)/t15?,16-,17-,18?,19?,20-,21-,22-,23?,24-,25+,26?,27-,29+,31+/m1/s1. The molecule has 1 aromatic rings. The molecule has 1 spiro atoms. The average molecular weight is 735 g/mol. The fourth-order valence-electron chi connectivity index (χ4n) is 6.43. The fraction of sp³-hybridized carbons (Fsp3) is 0.710. The number of hydrogen-bond acceptors (Lipinski definition) is 18. The molecule has 0 aromatic heterocycles. The Bertz CT molecular complexity index is 1360. The first-order valence-corrected chi connectivity index (χ1v) is 16.2. The summed E-state index contributed by atoms with van der Waals surface area (Å²) in [5, 5.41) is 107. The minimum Gasteiger partial charge on any atom is -0.453 e. The number of rotatable bonds is 15. The maximum Gasteiger partial charge on any atom is 0.367 e. The Morgan fingerprint density at radius 3 is 2.27 bits per heavy atom. The van der Waals surface area contributed by atoms with Crippen LogP contribution in [0.25, 0.3) is 0 Å². The highest BCUT2D eigenvalue weighted by molar-refractivity contribution is 5.94. The predicted molar refractivity (Wildman–Crippen MR) is 165 cm³/mol. The van der Waals surface area contributed by atoms with E-state index in [1.54, 1.807) is 18.2 Å². The first-order chi connectivity index (χ1) is 24.1. The Hall–Kier alpha value is -2.93. The molecule has 288 valence electrons. The second-order valence-corrected chi connectivity index (χ2v) is 12.7. The third-order valence-electron chi connectivity index (χ3n) is 9.12. The van der Waals surface area contributed by atoms with E-state index in [2.05, 4.69) is 5.32 Å². The van der Waals surface area contributed by atoms with Crippen molar-refractivity contribution in [3.05, 3.63) is 35.4 Å². The van der Waals surface area contributed by atoms with Crippen LogP contribution in [0, 0.1) is 0 Å². The number of amides is 2. The first-order valence-electron chi connectivity index (χ1n) is 16.2. The second kappa shape index (κ2) is 17.3. The molecule has 1 aromatic carbocycles. The lowest BCUT2D eigenvalue weighted by atomic mass is 9.87. The van der Waals surface area contributed by atoms with Crippen molar-refractivity contribution in [2.24, 2.45) is 5.73 Å². The molecule has 2 amide bonds. The number of aryl methyl sites for hydroxylation is 1. The largest absolute Gasteiger partial charge is 0.453 e. The molecule has 3 aliphatic heterocycles. The highest BCUT2D eigenvalue weighted by Gasteiger charge is 2.64. The Morgan fingerprint density at radius 2 is 1.67 bits per heavy atom. The van der Waals surface area contributed by atoms with Gasteiger partial charge in [0.1, 0.15) is 54.9 Å². The minimum absolute atomic E-state index is 0.0408. The number of carbonyl (C=O) groups excluding carboxylic acids is 3. The normalized spacial score (nSPS) is 34.4. The number of nitrogens with one attached hydrogen (secondary N) is 1. The van der Waals surface area contributed by atoms with E-state index in [1.807, 2.05) is 0 Å². The molecule has 20 heteroatoms. The molecule has 3 saturated heterocycles. The molecule has 4 rings (SSSR count). The third kappa shape index (κ3) is 8.83. The van der Waals surface area contributed by atoms with Crippen molar-refractivity contribution < 1.29 is 89.1 Å². The topological polar surface area (TPSA) is 338 Å². The zero-order valence-electron chi connectivity index (χ0n) is 27.5. The fourth-order valence-corrected chi connectivity index (χ4v) is 6.43. The number of fused-ring (bicyclic) bond motifs is 1. The van der Waals surface area contributed by atoms with Crippen molar-refractivity contribution in [3.63, 3.8) is 0 Å². The number of carbonyl (C=O) groups is 3. The van der Waals surface area contributed by atoms with Crippen molar-refractivity contribution in [2.45, 2.75) is 118 Å². The number of aliphatic hydroxyl groups is 10. The van der Waals surface area contributed by atoms with Crippen LogP contribution in [0.5, 0.6) is 0 Å². The second-order valence-electron chi connectivity index (χ2n) is 12.7. The van der Waals surface area contributed by atoms with Crippen LogP contribution in [-0.4, -0.2) is 180 Å². The molecule has 3 fully saturated rings. The van der Waals surface area contributed by atoms with Crippen LogP contribution >= 0.6 is 0 Å². The Morgan fingerprint density at radius 1 is 1.00 bits per heavy atom. The SMILES string of the molecule is CC(=O)N[C@H]1C([C@H](O)[C@H](O)CO)O[C@@]2(C[C@H]1O)O[C@@H]1C(O)[C@H](O[C@H](C(O)CO)[C@H](O)C(O)CCc3ccccc3C(N)=O)OC(CO)[C@@H]1OC2=O. The number of ether oxygens (including phenoxy) is 5. The van der Waals surface area contributed by atoms with Crippen LogP contribution in [-0.2, 0) is 39.7 Å². The quantitative estimate of drug-likeness (QED) is 0.0745. The molecule has 0 bridgehead atoms. The lowest BCUT2D eigenvalue weighted by molar-refractivity contribution is -0.400. The van der Waals surface area contributed by atoms with E-state index in [1.165, 1.54) is 6.07 Å². The Balaban J connectivity index is 1.56. The smallest absolute Gasteiger partial charge is 0.367 e. The van der Waals surface area contributed by atoms with Gasteiger partial charge in [-0.2, -0.15) is 0 Å². The van der Waals surface area contributed by atoms with E-state index in [0.717, 1.165) is 6.92 Å². The third-order valence-corrected chi connectivity index (χ3v) is 9.12. The zero-order chi connectivity index (χ0) is 37.8. The Labute approximate surface area is 290 Å². The lowest BCUT2D eigenvalue weighted by Crippen LogP contribution is -2.74. The monoisotopic (exact) mass is 734 g/mol. The summed E-state index contributed by atoms with van der Waals surface area (Å²) < 4.78 is 28.4. The van der Waals surface area contributed by atoms with E-state index in [-0.39, 0.29) is 18.4 Å². The molecule has 5 unspecified atom stereocenters. The number of esters is 1. The molecule has 13 N–H and O–H groups in total. The predicted octanol–water partition coefficient (Wildman–Crippen LogP) is -6.37. The number of nitrogens with two attached hydrogens (primary N) is 1.